The van der Waals surface area contributed by atoms with Crippen LogP contribution in [0.4, 0.5) is 0 Å². The molecule has 0 spiro atoms. The summed E-state index contributed by atoms with van der Waals surface area (Å²) in [6.07, 6.45) is 0.800. The molecule has 0 radical (unpaired) electrons. The standard InChI is InChI=1S/C19H26N4O3S/c1-14-4-9-18(26-3)16(12-14)10-11-22-19(21-2)23-13-15-5-7-17(8-6-15)27(20,24)25/h4-9,12H,10-11,13H2,1-3H3,(H2,20,24,25)(H2,21,22,23). The molecule has 8 heteroatoms. The van der Waals surface area contributed by atoms with Crippen LogP contribution >= 0.6 is 0 Å². The SMILES string of the molecule is CN=C(NCCc1cc(C)ccc1OC)NCc1ccc(S(N)(=O)=O)cc1. The molecule has 2 aromatic carbocycles. The molecule has 0 aliphatic rings. The average molecular weight is 391 g/mol. The first-order chi connectivity index (χ1) is 12.8. The molecule has 0 aliphatic heterocycles. The molecule has 0 saturated heterocycles. The maximum absolute atomic E-state index is 11.3. The highest BCUT2D eigenvalue weighted by Crippen LogP contribution is 2.19. The van der Waals surface area contributed by atoms with Crippen molar-refractivity contribution in [1.29, 1.82) is 0 Å². The second-order valence-corrected chi connectivity index (χ2v) is 7.67. The molecule has 146 valence electrons. The zero-order chi connectivity index (χ0) is 19.9. The smallest absolute Gasteiger partial charge is 0.238 e. The van der Waals surface area contributed by atoms with Crippen molar-refractivity contribution in [2.75, 3.05) is 20.7 Å². The lowest BCUT2D eigenvalue weighted by Gasteiger charge is -2.14. The number of aryl methyl sites for hydroxylation is 1. The summed E-state index contributed by atoms with van der Waals surface area (Å²) in [5.74, 6) is 1.54. The van der Waals surface area contributed by atoms with Gasteiger partial charge < -0.3 is 15.4 Å². The Labute approximate surface area is 160 Å². The normalized spacial score (nSPS) is 11.9. The lowest BCUT2D eigenvalue weighted by Crippen LogP contribution is -2.37. The summed E-state index contributed by atoms with van der Waals surface area (Å²) in [5, 5.41) is 11.6. The Kier molecular flexibility index (Phi) is 7.20. The summed E-state index contributed by atoms with van der Waals surface area (Å²) in [6.45, 7) is 3.26. The largest absolute Gasteiger partial charge is 0.496 e. The molecule has 0 atom stereocenters. The third-order valence-corrected chi connectivity index (χ3v) is 4.99. The van der Waals surface area contributed by atoms with E-state index in [2.05, 4.69) is 28.6 Å². The summed E-state index contributed by atoms with van der Waals surface area (Å²) in [6, 6.07) is 12.5. The van der Waals surface area contributed by atoms with E-state index in [0.717, 1.165) is 23.3 Å². The van der Waals surface area contributed by atoms with E-state index in [4.69, 9.17) is 9.88 Å². The van der Waals surface area contributed by atoms with Gasteiger partial charge in [-0.2, -0.15) is 0 Å². The van der Waals surface area contributed by atoms with E-state index >= 15 is 0 Å². The fourth-order valence-electron chi connectivity index (χ4n) is 2.62. The number of guanidine groups is 1. The molecular formula is C19H26N4O3S. The van der Waals surface area contributed by atoms with Crippen LogP contribution in [0.3, 0.4) is 0 Å². The van der Waals surface area contributed by atoms with Gasteiger partial charge in [-0.05, 0) is 42.7 Å². The first-order valence-electron chi connectivity index (χ1n) is 8.53. The molecule has 0 bridgehead atoms. The summed E-state index contributed by atoms with van der Waals surface area (Å²) in [4.78, 5) is 4.30. The molecule has 0 aromatic heterocycles. The second-order valence-electron chi connectivity index (χ2n) is 6.11. The number of nitrogens with zero attached hydrogens (tertiary/aromatic N) is 1. The first kappa shape index (κ1) is 20.7. The Balaban J connectivity index is 1.87. The van der Waals surface area contributed by atoms with Gasteiger partial charge in [-0.25, -0.2) is 13.6 Å². The van der Waals surface area contributed by atoms with E-state index < -0.39 is 10.0 Å². The van der Waals surface area contributed by atoms with Gasteiger partial charge in [-0.3, -0.25) is 4.99 Å². The maximum Gasteiger partial charge on any atom is 0.238 e. The number of hydrogen-bond acceptors (Lipinski definition) is 4. The van der Waals surface area contributed by atoms with Crippen molar-refractivity contribution in [1.82, 2.24) is 10.6 Å². The summed E-state index contributed by atoms with van der Waals surface area (Å²) in [5.41, 5.74) is 3.25. The fourth-order valence-corrected chi connectivity index (χ4v) is 3.14. The molecule has 0 unspecified atom stereocenters. The molecule has 2 aromatic rings. The van der Waals surface area contributed by atoms with E-state index in [-0.39, 0.29) is 4.90 Å². The minimum atomic E-state index is -3.67. The van der Waals surface area contributed by atoms with Crippen molar-refractivity contribution in [3.05, 3.63) is 59.2 Å². The van der Waals surface area contributed by atoms with Gasteiger partial charge in [-0.1, -0.05) is 29.8 Å². The predicted molar refractivity (Wildman–Crippen MR) is 107 cm³/mol. The Morgan fingerprint density at radius 2 is 1.85 bits per heavy atom. The molecule has 0 fully saturated rings. The van der Waals surface area contributed by atoms with Crippen molar-refractivity contribution in [2.24, 2.45) is 10.1 Å². The number of benzene rings is 2. The van der Waals surface area contributed by atoms with E-state index in [1.54, 1.807) is 26.3 Å². The molecule has 4 N–H and O–H groups in total. The van der Waals surface area contributed by atoms with E-state index in [1.807, 2.05) is 12.1 Å². The Morgan fingerprint density at radius 1 is 1.15 bits per heavy atom. The Hall–Kier alpha value is -2.58. The Morgan fingerprint density at radius 3 is 2.44 bits per heavy atom. The van der Waals surface area contributed by atoms with Crippen LogP contribution < -0.4 is 20.5 Å². The summed E-state index contributed by atoms with van der Waals surface area (Å²) in [7, 11) is -0.299. The molecule has 0 saturated carbocycles. The predicted octanol–water partition coefficient (Wildman–Crippen LogP) is 1.56. The summed E-state index contributed by atoms with van der Waals surface area (Å²) >= 11 is 0. The van der Waals surface area contributed by atoms with Crippen molar-refractivity contribution in [3.8, 4) is 5.75 Å². The van der Waals surface area contributed by atoms with Crippen LogP contribution in [-0.2, 0) is 23.0 Å². The van der Waals surface area contributed by atoms with Gasteiger partial charge in [-0.15, -0.1) is 0 Å². The fraction of sp³-hybridized carbons (Fsp3) is 0.316. The number of ether oxygens (including phenoxy) is 1. The van der Waals surface area contributed by atoms with Crippen LogP contribution in [0.1, 0.15) is 16.7 Å². The quantitative estimate of drug-likeness (QED) is 0.491. The van der Waals surface area contributed by atoms with Crippen molar-refractivity contribution in [3.63, 3.8) is 0 Å². The highest BCUT2D eigenvalue weighted by Gasteiger charge is 2.07. The molecule has 0 aliphatic carbocycles. The van der Waals surface area contributed by atoms with E-state index in [0.29, 0.717) is 19.0 Å². The molecule has 0 heterocycles. The number of nitrogens with two attached hydrogens (primary N) is 1. The zero-order valence-electron chi connectivity index (χ0n) is 15.8. The monoisotopic (exact) mass is 390 g/mol. The second kappa shape index (κ2) is 9.38. The number of methoxy groups -OCH3 is 1. The Bertz CT molecular complexity index is 894. The van der Waals surface area contributed by atoms with Gasteiger partial charge in [0.15, 0.2) is 5.96 Å². The van der Waals surface area contributed by atoms with Gasteiger partial charge >= 0.3 is 0 Å². The van der Waals surface area contributed by atoms with Crippen molar-refractivity contribution in [2.45, 2.75) is 24.8 Å². The van der Waals surface area contributed by atoms with Gasteiger partial charge in [0, 0.05) is 20.1 Å². The van der Waals surface area contributed by atoms with Crippen LogP contribution in [0, 0.1) is 6.92 Å². The van der Waals surface area contributed by atoms with Crippen molar-refractivity contribution >= 4 is 16.0 Å². The average Bonchev–Trinajstić information content (AvgIpc) is 2.64. The number of aliphatic imine (C=N–C) groups is 1. The molecule has 0 amide bonds. The number of primary sulfonamides is 1. The lowest BCUT2D eigenvalue weighted by molar-refractivity contribution is 0.409. The van der Waals surface area contributed by atoms with Gasteiger partial charge in [0.25, 0.3) is 0 Å². The highest BCUT2D eigenvalue weighted by molar-refractivity contribution is 7.89. The zero-order valence-corrected chi connectivity index (χ0v) is 16.6. The van der Waals surface area contributed by atoms with Gasteiger partial charge in [0.1, 0.15) is 5.75 Å². The van der Waals surface area contributed by atoms with E-state index in [1.165, 1.54) is 17.7 Å². The third-order valence-electron chi connectivity index (χ3n) is 4.06. The van der Waals surface area contributed by atoms with Crippen LogP contribution in [0.5, 0.6) is 5.75 Å². The van der Waals surface area contributed by atoms with E-state index in [9.17, 15) is 8.42 Å². The molecular weight excluding hydrogens is 364 g/mol. The minimum absolute atomic E-state index is 0.0980. The number of nitrogens with one attached hydrogen (secondary N) is 2. The molecule has 7 nitrogen and oxygen atoms in total. The lowest BCUT2D eigenvalue weighted by atomic mass is 10.1. The highest BCUT2D eigenvalue weighted by atomic mass is 32.2. The van der Waals surface area contributed by atoms with Crippen LogP contribution in [-0.4, -0.2) is 35.1 Å². The van der Waals surface area contributed by atoms with Gasteiger partial charge in [0.05, 0.1) is 12.0 Å². The first-order valence-corrected chi connectivity index (χ1v) is 10.1. The van der Waals surface area contributed by atoms with Crippen LogP contribution in [0.15, 0.2) is 52.4 Å². The van der Waals surface area contributed by atoms with Gasteiger partial charge in [0.2, 0.25) is 10.0 Å². The van der Waals surface area contributed by atoms with Crippen LogP contribution in [0.25, 0.3) is 0 Å². The topological polar surface area (TPSA) is 106 Å². The number of rotatable bonds is 7. The number of hydrogen-bond donors (Lipinski definition) is 3. The number of sulfonamides is 1. The minimum Gasteiger partial charge on any atom is -0.496 e. The summed E-state index contributed by atoms with van der Waals surface area (Å²) < 4.78 is 28.0. The van der Waals surface area contributed by atoms with Crippen LogP contribution in [0.2, 0.25) is 0 Å². The molecule has 27 heavy (non-hydrogen) atoms. The molecule has 2 rings (SSSR count). The van der Waals surface area contributed by atoms with Crippen molar-refractivity contribution < 1.29 is 13.2 Å². The third kappa shape index (κ3) is 6.26. The maximum atomic E-state index is 11.3.